The SMILES string of the molecule is CCCCCCC1(CCCCCC)Oc2c(sc3c4c(sc23)-c2sc(-c3ccc(N(C)C)cc3)cc2C(CCCCCC)(CCCCCC)O4)-c2sc(/C=C/C3=C(C#N)C(=C(C#N)C#N)OC3(C)C)cc21. The number of anilines is 1. The molecule has 0 unspecified atom stereocenters. The Hall–Kier alpha value is -4.83. The number of hydrogen-bond acceptors (Lipinski definition) is 11. The standard InChI is InChI=1S/C60H72N4O3S4/c1-9-13-17-21-31-59(32-22-18-14-10-2)46-35-43(29-30-45-44(39-63)49(41(37-61)38-62)65-58(45,5)6)68-52(46)54-50(66-59)56-57(70-54)51-55(71-56)53-47(36-48(69-53)40-25-27-42(28-26-40)64(7)8)60(67-51,33-23-19-15-11-3)34-24-20-16-12-4/h25-30,35-36H,9-24,31-34H2,1-8H3/b30-29+. The number of fused-ring (bicyclic) bond motifs is 9. The molecule has 8 rings (SSSR count). The molecule has 0 atom stereocenters. The summed E-state index contributed by atoms with van der Waals surface area (Å²) < 4.78 is 24.2. The quantitative estimate of drug-likeness (QED) is 0.0448. The zero-order valence-corrected chi connectivity index (χ0v) is 46.7. The fourth-order valence-electron chi connectivity index (χ4n) is 10.8. The van der Waals surface area contributed by atoms with E-state index in [4.69, 9.17) is 14.2 Å². The van der Waals surface area contributed by atoms with Crippen LogP contribution in [0.2, 0.25) is 0 Å². The maximum Gasteiger partial charge on any atom is 0.172 e. The molecule has 0 spiro atoms. The van der Waals surface area contributed by atoms with Gasteiger partial charge in [0.25, 0.3) is 0 Å². The third kappa shape index (κ3) is 10.5. The van der Waals surface area contributed by atoms with E-state index in [1.165, 1.54) is 133 Å². The van der Waals surface area contributed by atoms with Gasteiger partial charge in [0.2, 0.25) is 0 Å². The largest absolute Gasteiger partial charge is 0.480 e. The van der Waals surface area contributed by atoms with Gasteiger partial charge in [-0.15, -0.1) is 45.3 Å². The number of nitriles is 3. The highest BCUT2D eigenvalue weighted by atomic mass is 32.1. The Morgan fingerprint density at radius 3 is 1.51 bits per heavy atom. The molecule has 4 aromatic heterocycles. The van der Waals surface area contributed by atoms with Gasteiger partial charge in [-0.05, 0) is 101 Å². The van der Waals surface area contributed by atoms with Gasteiger partial charge in [-0.1, -0.05) is 123 Å². The van der Waals surface area contributed by atoms with Crippen LogP contribution >= 0.6 is 45.3 Å². The number of rotatable bonds is 24. The third-order valence-electron chi connectivity index (χ3n) is 14.8. The lowest BCUT2D eigenvalue weighted by atomic mass is 9.81. The summed E-state index contributed by atoms with van der Waals surface area (Å²) in [5, 5.41) is 29.8. The Balaban J connectivity index is 1.30. The van der Waals surface area contributed by atoms with E-state index < -0.39 is 16.8 Å². The van der Waals surface area contributed by atoms with E-state index in [0.29, 0.717) is 5.57 Å². The lowest BCUT2D eigenvalue weighted by molar-refractivity contribution is 0.0406. The molecule has 374 valence electrons. The van der Waals surface area contributed by atoms with Gasteiger partial charge in [0, 0.05) is 46.2 Å². The van der Waals surface area contributed by atoms with Gasteiger partial charge in [0.05, 0.1) is 28.9 Å². The van der Waals surface area contributed by atoms with Gasteiger partial charge in [-0.2, -0.15) is 15.8 Å². The second kappa shape index (κ2) is 22.9. The average Bonchev–Trinajstić information content (AvgIpc) is 4.20. The Kier molecular flexibility index (Phi) is 17.0. The van der Waals surface area contributed by atoms with Crippen LogP contribution in [-0.4, -0.2) is 19.7 Å². The number of ether oxygens (including phenoxy) is 3. The predicted molar refractivity (Wildman–Crippen MR) is 301 cm³/mol. The Bertz CT molecular complexity index is 2870. The van der Waals surface area contributed by atoms with Crippen LogP contribution in [-0.2, 0) is 15.9 Å². The molecule has 3 aliphatic heterocycles. The van der Waals surface area contributed by atoms with E-state index in [-0.39, 0.29) is 16.9 Å². The molecule has 0 fully saturated rings. The summed E-state index contributed by atoms with van der Waals surface area (Å²) in [6.07, 6.45) is 26.7. The average molecular weight is 1030 g/mol. The summed E-state index contributed by atoms with van der Waals surface area (Å²) in [4.78, 5) is 9.61. The van der Waals surface area contributed by atoms with Gasteiger partial charge in [-0.3, -0.25) is 0 Å². The summed E-state index contributed by atoms with van der Waals surface area (Å²) in [6, 6.07) is 20.0. The van der Waals surface area contributed by atoms with E-state index in [9.17, 15) is 15.8 Å². The molecule has 0 saturated carbocycles. The van der Waals surface area contributed by atoms with Gasteiger partial charge in [0.1, 0.15) is 40.6 Å². The summed E-state index contributed by atoms with van der Waals surface area (Å²) in [7, 11) is 4.20. The number of benzene rings is 1. The molecule has 5 aromatic rings. The number of allylic oxidation sites excluding steroid dienone is 2. The minimum atomic E-state index is -0.899. The number of hydrogen-bond donors (Lipinski definition) is 0. The Morgan fingerprint density at radius 1 is 0.577 bits per heavy atom. The highest BCUT2D eigenvalue weighted by molar-refractivity contribution is 7.35. The minimum absolute atomic E-state index is 0.0588. The monoisotopic (exact) mass is 1020 g/mol. The van der Waals surface area contributed by atoms with Crippen LogP contribution in [0.3, 0.4) is 0 Å². The summed E-state index contributed by atoms with van der Waals surface area (Å²) in [5.41, 5.74) is 3.98. The maximum absolute atomic E-state index is 10.4. The summed E-state index contributed by atoms with van der Waals surface area (Å²) in [6.45, 7) is 12.9. The van der Waals surface area contributed by atoms with E-state index in [1.54, 1.807) is 11.3 Å². The van der Waals surface area contributed by atoms with Crippen LogP contribution in [0.1, 0.15) is 186 Å². The van der Waals surface area contributed by atoms with Crippen LogP contribution in [0.25, 0.3) is 45.4 Å². The number of nitrogens with zero attached hydrogens (tertiary/aromatic N) is 4. The van der Waals surface area contributed by atoms with Gasteiger partial charge < -0.3 is 19.1 Å². The minimum Gasteiger partial charge on any atom is -0.480 e. The molecule has 1 aromatic carbocycles. The fourth-order valence-corrected chi connectivity index (χ4v) is 16.1. The zero-order chi connectivity index (χ0) is 50.3. The maximum atomic E-state index is 10.4. The normalized spacial score (nSPS) is 15.8. The van der Waals surface area contributed by atoms with Gasteiger partial charge >= 0.3 is 0 Å². The first-order chi connectivity index (χ1) is 34.4. The van der Waals surface area contributed by atoms with Crippen molar-refractivity contribution in [3.8, 4) is 59.7 Å². The first-order valence-electron chi connectivity index (χ1n) is 26.5. The lowest BCUT2D eigenvalue weighted by Crippen LogP contribution is -2.35. The molecule has 0 radical (unpaired) electrons. The van der Waals surface area contributed by atoms with Crippen LogP contribution in [0.4, 0.5) is 5.69 Å². The number of thiophene rings is 4. The van der Waals surface area contributed by atoms with Crippen molar-refractivity contribution in [2.45, 2.75) is 187 Å². The highest BCUT2D eigenvalue weighted by Gasteiger charge is 2.48. The molecule has 7 heterocycles. The van der Waals surface area contributed by atoms with Crippen molar-refractivity contribution in [3.05, 3.63) is 81.0 Å². The van der Waals surface area contributed by atoms with Crippen molar-refractivity contribution >= 4 is 66.5 Å². The smallest absolute Gasteiger partial charge is 0.172 e. The molecule has 7 nitrogen and oxygen atoms in total. The predicted octanol–water partition coefficient (Wildman–Crippen LogP) is 19.2. The van der Waals surface area contributed by atoms with Gasteiger partial charge in [0.15, 0.2) is 22.8 Å². The van der Waals surface area contributed by atoms with Crippen LogP contribution in [0.5, 0.6) is 11.5 Å². The molecule has 0 aliphatic carbocycles. The highest BCUT2D eigenvalue weighted by Crippen LogP contribution is 2.66. The molecule has 0 N–H and O–H groups in total. The molecular formula is C60H72N4O3S4. The summed E-state index contributed by atoms with van der Waals surface area (Å²) >= 11 is 7.47. The van der Waals surface area contributed by atoms with E-state index in [2.05, 4.69) is 95.2 Å². The van der Waals surface area contributed by atoms with E-state index >= 15 is 0 Å². The molecule has 11 heteroatoms. The van der Waals surface area contributed by atoms with Crippen LogP contribution in [0, 0.1) is 34.0 Å². The van der Waals surface area contributed by atoms with Crippen molar-refractivity contribution in [1.29, 1.82) is 15.8 Å². The number of unbranched alkanes of at least 4 members (excludes halogenated alkanes) is 12. The van der Waals surface area contributed by atoms with Crippen LogP contribution in [0.15, 0.2) is 65.0 Å². The molecule has 3 aliphatic rings. The zero-order valence-electron chi connectivity index (χ0n) is 43.4. The van der Waals surface area contributed by atoms with Crippen molar-refractivity contribution in [2.24, 2.45) is 0 Å². The molecule has 0 amide bonds. The van der Waals surface area contributed by atoms with Crippen LogP contribution < -0.4 is 14.4 Å². The second-order valence-electron chi connectivity index (χ2n) is 20.6. The van der Waals surface area contributed by atoms with Crippen molar-refractivity contribution in [2.75, 3.05) is 19.0 Å². The summed E-state index contributed by atoms with van der Waals surface area (Å²) in [5.74, 6) is 2.13. The fraction of sp³-hybridized carbons (Fsp3) is 0.517. The molecule has 0 bridgehead atoms. The molecule has 0 saturated heterocycles. The molecular weight excluding hydrogens is 953 g/mol. The Labute approximate surface area is 440 Å². The Morgan fingerprint density at radius 2 is 1.06 bits per heavy atom. The first kappa shape index (κ1) is 52.5. The van der Waals surface area contributed by atoms with Crippen molar-refractivity contribution in [3.63, 3.8) is 0 Å². The first-order valence-corrected chi connectivity index (χ1v) is 29.8. The van der Waals surface area contributed by atoms with E-state index in [1.807, 2.05) is 66.1 Å². The van der Waals surface area contributed by atoms with Gasteiger partial charge in [-0.25, -0.2) is 0 Å². The topological polar surface area (TPSA) is 102 Å². The van der Waals surface area contributed by atoms with E-state index in [0.717, 1.165) is 67.7 Å². The molecule has 71 heavy (non-hydrogen) atoms. The second-order valence-corrected chi connectivity index (χ2v) is 24.8. The lowest BCUT2D eigenvalue weighted by Gasteiger charge is -2.39. The van der Waals surface area contributed by atoms with Crippen molar-refractivity contribution < 1.29 is 14.2 Å². The van der Waals surface area contributed by atoms with Crippen molar-refractivity contribution in [1.82, 2.24) is 0 Å². The third-order valence-corrected chi connectivity index (χ3v) is 19.9.